The molecule has 0 bridgehead atoms. The summed E-state index contributed by atoms with van der Waals surface area (Å²) in [5.74, 6) is -1.58. The molecule has 3 rings (SSSR count). The highest BCUT2D eigenvalue weighted by atomic mass is 35.5. The van der Waals surface area contributed by atoms with Crippen molar-refractivity contribution in [3.63, 3.8) is 0 Å². The van der Waals surface area contributed by atoms with E-state index >= 15 is 0 Å². The number of carbonyl (C=O) groups is 3. The van der Waals surface area contributed by atoms with Gasteiger partial charge in [-0.25, -0.2) is 9.37 Å². The van der Waals surface area contributed by atoms with Crippen LogP contribution in [0.2, 0.25) is 5.02 Å². The maximum absolute atomic E-state index is 14.2. The van der Waals surface area contributed by atoms with Crippen LogP contribution in [-0.4, -0.2) is 28.7 Å². The van der Waals surface area contributed by atoms with Crippen LogP contribution in [0.15, 0.2) is 72.9 Å². The molecule has 0 spiro atoms. The first-order valence-corrected chi connectivity index (χ1v) is 11.5. The molecule has 3 amide bonds. The average Bonchev–Trinajstić information content (AvgIpc) is 2.82. The van der Waals surface area contributed by atoms with Crippen molar-refractivity contribution in [2.24, 2.45) is 0 Å². The third kappa shape index (κ3) is 7.35. The molecule has 182 valence electrons. The molecule has 0 aliphatic heterocycles. The van der Waals surface area contributed by atoms with Gasteiger partial charge in [-0.1, -0.05) is 35.9 Å². The van der Waals surface area contributed by atoms with Crippen LogP contribution in [0, 0.1) is 5.82 Å². The number of halogens is 2. The number of hydrogen-bond donors (Lipinski definition) is 2. The molecule has 1 heterocycles. The SMILES string of the molecule is CC(C)NC(=O)[C@H](c1ccc(Cl)cc1)N(C(=O)CCC(=O)Nc1ccccn1)c1cccc(F)c1. The van der Waals surface area contributed by atoms with E-state index in [1.165, 1.54) is 29.3 Å². The highest BCUT2D eigenvalue weighted by Gasteiger charge is 2.33. The molecule has 7 nitrogen and oxygen atoms in total. The van der Waals surface area contributed by atoms with Gasteiger partial charge >= 0.3 is 0 Å². The Morgan fingerprint density at radius 3 is 2.37 bits per heavy atom. The van der Waals surface area contributed by atoms with Gasteiger partial charge in [0, 0.05) is 35.8 Å². The van der Waals surface area contributed by atoms with Crippen LogP contribution in [0.1, 0.15) is 38.3 Å². The molecule has 0 aliphatic carbocycles. The molecule has 2 N–H and O–H groups in total. The molecular weight excluding hydrogens is 471 g/mol. The maximum Gasteiger partial charge on any atom is 0.248 e. The lowest BCUT2D eigenvalue weighted by atomic mass is 10.0. The van der Waals surface area contributed by atoms with Crippen LogP contribution in [0.5, 0.6) is 0 Å². The average molecular weight is 497 g/mol. The molecule has 0 fully saturated rings. The number of rotatable bonds is 9. The van der Waals surface area contributed by atoms with Crippen molar-refractivity contribution in [3.05, 3.63) is 89.3 Å². The molecule has 0 unspecified atom stereocenters. The number of benzene rings is 2. The van der Waals surface area contributed by atoms with Gasteiger partial charge in [0.1, 0.15) is 17.7 Å². The first-order chi connectivity index (χ1) is 16.7. The van der Waals surface area contributed by atoms with Crippen LogP contribution in [-0.2, 0) is 14.4 Å². The summed E-state index contributed by atoms with van der Waals surface area (Å²) in [4.78, 5) is 44.5. The molecule has 1 aromatic heterocycles. The Bertz CT molecular complexity index is 1170. The summed E-state index contributed by atoms with van der Waals surface area (Å²) < 4.78 is 14.2. The van der Waals surface area contributed by atoms with Gasteiger partial charge in [-0.3, -0.25) is 19.3 Å². The van der Waals surface area contributed by atoms with E-state index in [0.717, 1.165) is 0 Å². The van der Waals surface area contributed by atoms with Gasteiger partial charge in [-0.2, -0.15) is 0 Å². The predicted molar refractivity (Wildman–Crippen MR) is 133 cm³/mol. The summed E-state index contributed by atoms with van der Waals surface area (Å²) in [6.07, 6.45) is 1.17. The van der Waals surface area contributed by atoms with Gasteiger partial charge < -0.3 is 10.6 Å². The third-order valence-electron chi connectivity index (χ3n) is 4.98. The van der Waals surface area contributed by atoms with E-state index in [1.54, 1.807) is 62.4 Å². The van der Waals surface area contributed by atoms with Crippen molar-refractivity contribution in [3.8, 4) is 0 Å². The van der Waals surface area contributed by atoms with Crippen LogP contribution < -0.4 is 15.5 Å². The van der Waals surface area contributed by atoms with Gasteiger partial charge in [0.15, 0.2) is 0 Å². The highest BCUT2D eigenvalue weighted by Crippen LogP contribution is 2.30. The van der Waals surface area contributed by atoms with Crippen molar-refractivity contribution < 1.29 is 18.8 Å². The monoisotopic (exact) mass is 496 g/mol. The largest absolute Gasteiger partial charge is 0.352 e. The second kappa shape index (κ2) is 12.1. The van der Waals surface area contributed by atoms with Gasteiger partial charge in [0.25, 0.3) is 0 Å². The number of nitrogens with one attached hydrogen (secondary N) is 2. The molecular formula is C26H26ClFN4O3. The molecule has 0 saturated carbocycles. The van der Waals surface area contributed by atoms with E-state index in [2.05, 4.69) is 15.6 Å². The van der Waals surface area contributed by atoms with Crippen molar-refractivity contribution in [2.45, 2.75) is 38.8 Å². The van der Waals surface area contributed by atoms with Crippen molar-refractivity contribution in [1.82, 2.24) is 10.3 Å². The van der Waals surface area contributed by atoms with E-state index in [1.807, 2.05) is 0 Å². The zero-order valence-corrected chi connectivity index (χ0v) is 20.1. The van der Waals surface area contributed by atoms with Gasteiger partial charge in [0.05, 0.1) is 0 Å². The fourth-order valence-corrected chi connectivity index (χ4v) is 3.60. The van der Waals surface area contributed by atoms with E-state index < -0.39 is 29.6 Å². The Morgan fingerprint density at radius 1 is 1.00 bits per heavy atom. The summed E-state index contributed by atoms with van der Waals surface area (Å²) in [6, 6.07) is 15.7. The minimum atomic E-state index is -1.11. The Balaban J connectivity index is 1.93. The second-order valence-corrected chi connectivity index (χ2v) is 8.56. The number of amides is 3. The Kier molecular flexibility index (Phi) is 8.92. The van der Waals surface area contributed by atoms with Crippen LogP contribution in [0.3, 0.4) is 0 Å². The number of anilines is 2. The third-order valence-corrected chi connectivity index (χ3v) is 5.23. The number of carbonyl (C=O) groups excluding carboxylic acids is 3. The number of aromatic nitrogens is 1. The molecule has 0 aliphatic rings. The van der Waals surface area contributed by atoms with Crippen molar-refractivity contribution in [2.75, 3.05) is 10.2 Å². The first kappa shape index (κ1) is 25.8. The van der Waals surface area contributed by atoms with Crippen LogP contribution >= 0.6 is 11.6 Å². The quantitative estimate of drug-likeness (QED) is 0.441. The Hall–Kier alpha value is -3.78. The summed E-state index contributed by atoms with van der Waals surface area (Å²) in [5, 5.41) is 5.92. The number of hydrogen-bond acceptors (Lipinski definition) is 4. The predicted octanol–water partition coefficient (Wildman–Crippen LogP) is 4.89. The van der Waals surface area contributed by atoms with Gasteiger partial charge in [-0.05, 0) is 61.9 Å². The molecule has 9 heteroatoms. The summed E-state index contributed by atoms with van der Waals surface area (Å²) >= 11 is 6.03. The number of nitrogens with zero attached hydrogens (tertiary/aromatic N) is 2. The summed E-state index contributed by atoms with van der Waals surface area (Å²) in [7, 11) is 0. The zero-order valence-electron chi connectivity index (χ0n) is 19.4. The minimum absolute atomic E-state index is 0.152. The van der Waals surface area contributed by atoms with Crippen molar-refractivity contribution in [1.29, 1.82) is 0 Å². The highest BCUT2D eigenvalue weighted by molar-refractivity contribution is 6.30. The van der Waals surface area contributed by atoms with Gasteiger partial charge in [0.2, 0.25) is 17.7 Å². The minimum Gasteiger partial charge on any atom is -0.352 e. The lowest BCUT2D eigenvalue weighted by molar-refractivity contribution is -0.127. The first-order valence-electron chi connectivity index (χ1n) is 11.1. The molecule has 3 aromatic rings. The standard InChI is InChI=1S/C26H26ClFN4O3/c1-17(2)30-26(35)25(18-9-11-19(27)12-10-18)32(21-7-5-6-20(28)16-21)24(34)14-13-23(33)31-22-8-3-4-15-29-22/h3-12,15-17,25H,13-14H2,1-2H3,(H,30,35)(H,29,31,33)/t25-/m0/s1. The number of pyridine rings is 1. The van der Waals surface area contributed by atoms with E-state index in [-0.39, 0.29) is 24.6 Å². The van der Waals surface area contributed by atoms with Crippen LogP contribution in [0.25, 0.3) is 0 Å². The van der Waals surface area contributed by atoms with E-state index in [4.69, 9.17) is 11.6 Å². The Labute approximate surface area is 208 Å². The molecule has 35 heavy (non-hydrogen) atoms. The molecule has 2 aromatic carbocycles. The molecule has 0 saturated heterocycles. The molecule has 1 atom stereocenters. The second-order valence-electron chi connectivity index (χ2n) is 8.12. The van der Waals surface area contributed by atoms with Gasteiger partial charge in [-0.15, -0.1) is 0 Å². The van der Waals surface area contributed by atoms with E-state index in [9.17, 15) is 18.8 Å². The zero-order chi connectivity index (χ0) is 25.4. The van der Waals surface area contributed by atoms with Crippen LogP contribution in [0.4, 0.5) is 15.9 Å². The topological polar surface area (TPSA) is 91.4 Å². The smallest absolute Gasteiger partial charge is 0.248 e. The van der Waals surface area contributed by atoms with Crippen molar-refractivity contribution >= 4 is 40.8 Å². The fraction of sp³-hybridized carbons (Fsp3) is 0.231. The Morgan fingerprint density at radius 2 is 1.74 bits per heavy atom. The lowest BCUT2D eigenvalue weighted by Gasteiger charge is -2.32. The normalized spacial score (nSPS) is 11.6. The summed E-state index contributed by atoms with van der Waals surface area (Å²) in [5.41, 5.74) is 0.682. The van der Waals surface area contributed by atoms with E-state index in [0.29, 0.717) is 16.4 Å². The maximum atomic E-state index is 14.2. The fourth-order valence-electron chi connectivity index (χ4n) is 3.47. The molecule has 0 radical (unpaired) electrons. The lowest BCUT2D eigenvalue weighted by Crippen LogP contribution is -2.46. The summed E-state index contributed by atoms with van der Waals surface area (Å²) in [6.45, 7) is 3.60.